The van der Waals surface area contributed by atoms with Gasteiger partial charge in [0.05, 0.1) is 27.4 Å². The number of benzene rings is 3. The molecule has 0 saturated heterocycles. The molecule has 8 nitrogen and oxygen atoms in total. The monoisotopic (exact) mass is 552 g/mol. The zero-order valence-corrected chi connectivity index (χ0v) is 20.7. The molecule has 0 radical (unpaired) electrons. The maximum absolute atomic E-state index is 13.4. The van der Waals surface area contributed by atoms with Gasteiger partial charge in [0.1, 0.15) is 6.54 Å². The third-order valence-corrected chi connectivity index (χ3v) is 6.91. The van der Waals surface area contributed by atoms with Crippen LogP contribution in [0.3, 0.4) is 0 Å². The second-order valence-electron chi connectivity index (χ2n) is 7.58. The number of nitrogens with zero attached hydrogens (tertiary/aromatic N) is 2. The van der Waals surface area contributed by atoms with E-state index in [4.69, 9.17) is 11.6 Å². The fourth-order valence-electron chi connectivity index (χ4n) is 3.12. The molecule has 37 heavy (non-hydrogen) atoms. The summed E-state index contributed by atoms with van der Waals surface area (Å²) in [6.45, 7) is 0.495. The molecule has 0 aliphatic rings. The first kappa shape index (κ1) is 27.7. The van der Waals surface area contributed by atoms with Crippen LogP contribution in [0.5, 0.6) is 0 Å². The van der Waals surface area contributed by atoms with Gasteiger partial charge in [-0.15, -0.1) is 0 Å². The van der Waals surface area contributed by atoms with E-state index < -0.39 is 44.9 Å². The van der Waals surface area contributed by atoms with Crippen molar-refractivity contribution in [3.05, 3.63) is 88.9 Å². The highest BCUT2D eigenvalue weighted by molar-refractivity contribution is 7.92. The highest BCUT2D eigenvalue weighted by Gasteiger charge is 2.35. The van der Waals surface area contributed by atoms with E-state index in [2.05, 4.69) is 15.8 Å². The third kappa shape index (κ3) is 7.30. The highest BCUT2D eigenvalue weighted by Crippen LogP contribution is 2.38. The summed E-state index contributed by atoms with van der Waals surface area (Å²) in [6.07, 6.45) is -3.58. The van der Waals surface area contributed by atoms with Crippen molar-refractivity contribution in [2.75, 3.05) is 16.2 Å². The normalized spacial score (nSPS) is 11.8. The highest BCUT2D eigenvalue weighted by atomic mass is 35.5. The molecule has 0 aliphatic carbocycles. The number of amides is 2. The minimum Gasteiger partial charge on any atom is -0.326 e. The number of carbonyl (C=O) groups excluding carboxylic acids is 2. The van der Waals surface area contributed by atoms with Gasteiger partial charge < -0.3 is 5.32 Å². The van der Waals surface area contributed by atoms with E-state index in [0.717, 1.165) is 12.1 Å². The number of sulfonamides is 1. The van der Waals surface area contributed by atoms with Gasteiger partial charge in [0.15, 0.2) is 0 Å². The summed E-state index contributed by atoms with van der Waals surface area (Å²) in [5.41, 5.74) is 1.61. The molecule has 194 valence electrons. The van der Waals surface area contributed by atoms with Gasteiger partial charge in [0.2, 0.25) is 5.91 Å². The molecule has 2 N–H and O–H groups in total. The minimum absolute atomic E-state index is 0.228. The zero-order valence-electron chi connectivity index (χ0n) is 19.2. The number of halogens is 4. The maximum atomic E-state index is 13.4. The molecule has 3 aromatic carbocycles. The van der Waals surface area contributed by atoms with Gasteiger partial charge in [-0.2, -0.15) is 18.3 Å². The number of rotatable bonds is 8. The van der Waals surface area contributed by atoms with Crippen LogP contribution in [0.1, 0.15) is 18.1 Å². The van der Waals surface area contributed by atoms with Crippen molar-refractivity contribution < 1.29 is 31.2 Å². The molecule has 0 fully saturated rings. The van der Waals surface area contributed by atoms with Crippen LogP contribution >= 0.6 is 11.6 Å². The largest absolute Gasteiger partial charge is 0.417 e. The average molecular weight is 553 g/mol. The Kier molecular flexibility index (Phi) is 8.56. The molecule has 0 spiro atoms. The lowest BCUT2D eigenvalue weighted by Gasteiger charge is -2.24. The Bertz CT molecular complexity index is 1410. The van der Waals surface area contributed by atoms with Crippen LogP contribution in [0.2, 0.25) is 5.02 Å². The second-order valence-corrected chi connectivity index (χ2v) is 9.85. The summed E-state index contributed by atoms with van der Waals surface area (Å²) in [5.74, 6) is -1.15. The number of hydrogen-bond acceptors (Lipinski definition) is 5. The molecule has 3 rings (SSSR count). The summed E-state index contributed by atoms with van der Waals surface area (Å²) in [7, 11) is -4.44. The second kappa shape index (κ2) is 11.4. The number of alkyl halides is 3. The van der Waals surface area contributed by atoms with Gasteiger partial charge in [-0.3, -0.25) is 13.9 Å². The van der Waals surface area contributed by atoms with E-state index in [1.165, 1.54) is 37.4 Å². The molecular formula is C24H20ClF3N4O4S. The number of hydrogen-bond donors (Lipinski definition) is 2. The maximum Gasteiger partial charge on any atom is 0.417 e. The van der Waals surface area contributed by atoms with E-state index >= 15 is 0 Å². The molecule has 0 bridgehead atoms. The van der Waals surface area contributed by atoms with Crippen LogP contribution in [0.15, 0.2) is 82.8 Å². The lowest BCUT2D eigenvalue weighted by molar-refractivity contribution is -0.137. The quantitative estimate of drug-likeness (QED) is 0.313. The van der Waals surface area contributed by atoms with Gasteiger partial charge in [-0.05, 0) is 48.0 Å². The molecular weight excluding hydrogens is 533 g/mol. The molecule has 13 heteroatoms. The van der Waals surface area contributed by atoms with Crippen LogP contribution in [0.4, 0.5) is 24.5 Å². The Balaban J connectivity index is 1.86. The number of nitrogens with one attached hydrogen (secondary N) is 2. The lowest BCUT2D eigenvalue weighted by atomic mass is 10.2. The first-order valence-corrected chi connectivity index (χ1v) is 12.3. The molecule has 2 amide bonds. The molecule has 0 aromatic heterocycles. The fourth-order valence-corrected chi connectivity index (χ4v) is 4.78. The first-order chi connectivity index (χ1) is 17.4. The molecule has 0 aliphatic heterocycles. The van der Waals surface area contributed by atoms with Crippen molar-refractivity contribution in [3.8, 4) is 0 Å². The number of anilines is 2. The fraction of sp³-hybridized carbons (Fsp3) is 0.125. The lowest BCUT2D eigenvalue weighted by Crippen LogP contribution is -2.39. The Hall–Kier alpha value is -3.90. The molecule has 0 saturated carbocycles. The summed E-state index contributed by atoms with van der Waals surface area (Å²) < 4.78 is 67.4. The molecule has 0 unspecified atom stereocenters. The van der Waals surface area contributed by atoms with Crippen molar-refractivity contribution in [2.45, 2.75) is 18.0 Å². The van der Waals surface area contributed by atoms with Gasteiger partial charge in [0, 0.05) is 12.6 Å². The van der Waals surface area contributed by atoms with Crippen molar-refractivity contribution in [2.24, 2.45) is 5.10 Å². The Morgan fingerprint density at radius 3 is 2.27 bits per heavy atom. The smallest absolute Gasteiger partial charge is 0.326 e. The molecule has 0 heterocycles. The van der Waals surface area contributed by atoms with Gasteiger partial charge in [0.25, 0.3) is 15.9 Å². The standard InChI is InChI=1S/C24H20ClF3N4O4S/c1-16(33)30-18-9-7-17(8-10-18)14-29-31-23(34)15-32(37(35,36)20-5-3-2-4-6-20)19-11-12-22(25)21(13-19)24(26,27)28/h2-14H,15H2,1H3,(H,30,33)(H,31,34)/b29-14+. The van der Waals surface area contributed by atoms with E-state index in [0.29, 0.717) is 21.6 Å². The SMILES string of the molecule is CC(=O)Nc1ccc(/C=N/NC(=O)CN(c2ccc(Cl)c(C(F)(F)F)c2)S(=O)(=O)c2ccccc2)cc1. The van der Waals surface area contributed by atoms with E-state index in [1.807, 2.05) is 0 Å². The van der Waals surface area contributed by atoms with Gasteiger partial charge in [-0.25, -0.2) is 13.8 Å². The van der Waals surface area contributed by atoms with Crippen molar-refractivity contribution in [1.29, 1.82) is 0 Å². The van der Waals surface area contributed by atoms with E-state index in [1.54, 1.807) is 30.3 Å². The van der Waals surface area contributed by atoms with Crippen LogP contribution in [-0.4, -0.2) is 33.0 Å². The van der Waals surface area contributed by atoms with Crippen molar-refractivity contribution in [1.82, 2.24) is 5.43 Å². The van der Waals surface area contributed by atoms with E-state index in [9.17, 15) is 31.2 Å². The predicted octanol–water partition coefficient (Wildman–Crippen LogP) is 4.66. The summed E-state index contributed by atoms with van der Waals surface area (Å²) in [5, 5.41) is 5.74. The third-order valence-electron chi connectivity index (χ3n) is 4.80. The van der Waals surface area contributed by atoms with Crippen LogP contribution in [-0.2, 0) is 25.8 Å². The minimum atomic E-state index is -4.85. The Morgan fingerprint density at radius 1 is 1.03 bits per heavy atom. The first-order valence-electron chi connectivity index (χ1n) is 10.5. The summed E-state index contributed by atoms with van der Waals surface area (Å²) >= 11 is 5.68. The Labute approximate surface area is 215 Å². The van der Waals surface area contributed by atoms with Gasteiger partial charge >= 0.3 is 6.18 Å². The number of carbonyl (C=O) groups is 2. The Morgan fingerprint density at radius 2 is 1.68 bits per heavy atom. The summed E-state index contributed by atoms with van der Waals surface area (Å²) in [4.78, 5) is 23.5. The van der Waals surface area contributed by atoms with Crippen molar-refractivity contribution >= 4 is 51.0 Å². The summed E-state index contributed by atoms with van der Waals surface area (Å²) in [6, 6.07) is 15.9. The van der Waals surface area contributed by atoms with Crippen LogP contribution in [0, 0.1) is 0 Å². The topological polar surface area (TPSA) is 108 Å². The van der Waals surface area contributed by atoms with Crippen LogP contribution < -0.4 is 15.0 Å². The average Bonchev–Trinajstić information content (AvgIpc) is 2.83. The molecule has 0 atom stereocenters. The van der Waals surface area contributed by atoms with Crippen LogP contribution in [0.25, 0.3) is 0 Å². The van der Waals surface area contributed by atoms with Crippen molar-refractivity contribution in [3.63, 3.8) is 0 Å². The molecule has 3 aromatic rings. The number of hydrazone groups is 1. The predicted molar refractivity (Wildman–Crippen MR) is 134 cm³/mol. The van der Waals surface area contributed by atoms with E-state index in [-0.39, 0.29) is 10.8 Å². The van der Waals surface area contributed by atoms with Gasteiger partial charge in [-0.1, -0.05) is 41.9 Å². The zero-order chi connectivity index (χ0) is 27.2.